The third-order valence-corrected chi connectivity index (χ3v) is 2.98. The summed E-state index contributed by atoms with van der Waals surface area (Å²) < 4.78 is 0. The largest absolute Gasteiger partial charge is 0.258 e. The average Bonchev–Trinajstić information content (AvgIpc) is 2.78. The molecule has 0 saturated carbocycles. The fourth-order valence-electron chi connectivity index (χ4n) is 2.20. The second kappa shape index (κ2) is 3.62. The SMILES string of the molecule is c1cc(C2CCCC[N]2)c2nn[nH]c2c1. The molecule has 15 heavy (non-hydrogen) atoms. The van der Waals surface area contributed by atoms with E-state index >= 15 is 0 Å². The quantitative estimate of drug-likeness (QED) is 0.764. The van der Waals surface area contributed by atoms with Crippen LogP contribution in [0.4, 0.5) is 0 Å². The van der Waals surface area contributed by atoms with Gasteiger partial charge in [-0.15, -0.1) is 5.10 Å². The van der Waals surface area contributed by atoms with Crippen molar-refractivity contribution >= 4 is 11.0 Å². The van der Waals surface area contributed by atoms with Crippen molar-refractivity contribution in [2.75, 3.05) is 6.54 Å². The van der Waals surface area contributed by atoms with E-state index < -0.39 is 0 Å². The normalized spacial score (nSPS) is 22.0. The van der Waals surface area contributed by atoms with Crippen LogP contribution in [0.1, 0.15) is 30.9 Å². The number of aromatic amines is 1. The predicted molar refractivity (Wildman–Crippen MR) is 57.5 cm³/mol. The maximum Gasteiger partial charge on any atom is 0.117 e. The van der Waals surface area contributed by atoms with Crippen LogP contribution < -0.4 is 5.32 Å². The van der Waals surface area contributed by atoms with Crippen LogP contribution in [-0.4, -0.2) is 22.0 Å². The third-order valence-electron chi connectivity index (χ3n) is 2.98. The van der Waals surface area contributed by atoms with E-state index in [9.17, 15) is 0 Å². The molecule has 1 atom stereocenters. The van der Waals surface area contributed by atoms with Gasteiger partial charge < -0.3 is 0 Å². The molecule has 1 radical (unpaired) electrons. The van der Waals surface area contributed by atoms with Gasteiger partial charge in [-0.1, -0.05) is 23.8 Å². The Bertz CT molecular complexity index is 456. The van der Waals surface area contributed by atoms with Crippen LogP contribution in [0.2, 0.25) is 0 Å². The highest BCUT2D eigenvalue weighted by Crippen LogP contribution is 2.28. The molecule has 0 amide bonds. The first-order chi connectivity index (χ1) is 7.45. The lowest BCUT2D eigenvalue weighted by molar-refractivity contribution is 0.405. The Labute approximate surface area is 88.1 Å². The second-order valence-corrected chi connectivity index (χ2v) is 3.97. The molecule has 1 aromatic carbocycles. The number of aromatic nitrogens is 3. The Morgan fingerprint density at radius 1 is 1.27 bits per heavy atom. The van der Waals surface area contributed by atoms with Gasteiger partial charge in [0.15, 0.2) is 0 Å². The summed E-state index contributed by atoms with van der Waals surface area (Å²) in [5.41, 5.74) is 3.21. The zero-order valence-electron chi connectivity index (χ0n) is 8.48. The molecule has 1 fully saturated rings. The van der Waals surface area contributed by atoms with Crippen LogP contribution in [0.25, 0.3) is 11.0 Å². The summed E-state index contributed by atoms with van der Waals surface area (Å²) in [6, 6.07) is 6.49. The third kappa shape index (κ3) is 1.51. The van der Waals surface area contributed by atoms with Gasteiger partial charge in [0.1, 0.15) is 5.52 Å². The van der Waals surface area contributed by atoms with Crippen molar-refractivity contribution in [2.24, 2.45) is 0 Å². The average molecular weight is 201 g/mol. The van der Waals surface area contributed by atoms with Gasteiger partial charge in [-0.2, -0.15) is 0 Å². The maximum atomic E-state index is 4.65. The van der Waals surface area contributed by atoms with Crippen LogP contribution in [-0.2, 0) is 0 Å². The molecular formula is C11H13N4. The first kappa shape index (κ1) is 8.85. The molecule has 1 unspecified atom stereocenters. The molecule has 2 heterocycles. The Balaban J connectivity index is 2.05. The van der Waals surface area contributed by atoms with Gasteiger partial charge in [0.25, 0.3) is 0 Å². The number of hydrogen-bond donors (Lipinski definition) is 1. The molecule has 0 spiro atoms. The highest BCUT2D eigenvalue weighted by atomic mass is 15.3. The highest BCUT2D eigenvalue weighted by molar-refractivity contribution is 5.77. The molecule has 1 saturated heterocycles. The number of H-pyrrole nitrogens is 1. The topological polar surface area (TPSA) is 55.7 Å². The second-order valence-electron chi connectivity index (χ2n) is 3.97. The summed E-state index contributed by atoms with van der Waals surface area (Å²) in [6.07, 6.45) is 3.64. The van der Waals surface area contributed by atoms with E-state index in [1.807, 2.05) is 12.1 Å². The molecule has 0 bridgehead atoms. The Kier molecular flexibility index (Phi) is 2.14. The number of fused-ring (bicyclic) bond motifs is 1. The van der Waals surface area contributed by atoms with E-state index in [0.29, 0.717) is 6.04 Å². The van der Waals surface area contributed by atoms with Crippen molar-refractivity contribution in [1.82, 2.24) is 20.7 Å². The predicted octanol–water partition coefficient (Wildman–Crippen LogP) is 1.79. The lowest BCUT2D eigenvalue weighted by Crippen LogP contribution is -2.20. The zero-order valence-corrected chi connectivity index (χ0v) is 8.48. The highest BCUT2D eigenvalue weighted by Gasteiger charge is 2.19. The number of piperidine rings is 1. The number of hydrogen-bond acceptors (Lipinski definition) is 2. The number of nitrogens with zero attached hydrogens (tertiary/aromatic N) is 3. The lowest BCUT2D eigenvalue weighted by Gasteiger charge is -2.21. The standard InChI is InChI=1S/C11H13N4/c1-2-7-12-9(5-1)8-4-3-6-10-11(8)14-15-13-10/h3-4,6,9H,1-2,5,7H2,(H,13,14,15). The smallest absolute Gasteiger partial charge is 0.117 e. The molecule has 4 heteroatoms. The maximum absolute atomic E-state index is 4.65. The van der Waals surface area contributed by atoms with Gasteiger partial charge in [0, 0.05) is 12.1 Å². The van der Waals surface area contributed by atoms with Crippen molar-refractivity contribution in [3.05, 3.63) is 23.8 Å². The summed E-state index contributed by atoms with van der Waals surface area (Å²) in [5.74, 6) is 0. The van der Waals surface area contributed by atoms with Crippen LogP contribution in [0.3, 0.4) is 0 Å². The molecular weight excluding hydrogens is 188 g/mol. The van der Waals surface area contributed by atoms with E-state index in [-0.39, 0.29) is 0 Å². The molecule has 2 aromatic rings. The lowest BCUT2D eigenvalue weighted by atomic mass is 9.96. The van der Waals surface area contributed by atoms with E-state index in [4.69, 9.17) is 0 Å². The minimum absolute atomic E-state index is 0.326. The molecule has 1 aliphatic heterocycles. The van der Waals surface area contributed by atoms with Crippen molar-refractivity contribution < 1.29 is 0 Å². The molecule has 77 valence electrons. The van der Waals surface area contributed by atoms with Gasteiger partial charge in [-0.25, -0.2) is 5.32 Å². The monoisotopic (exact) mass is 201 g/mol. The molecule has 3 rings (SSSR count). The summed E-state index contributed by atoms with van der Waals surface area (Å²) in [7, 11) is 0. The zero-order chi connectivity index (χ0) is 10.1. The first-order valence-corrected chi connectivity index (χ1v) is 5.41. The first-order valence-electron chi connectivity index (χ1n) is 5.41. The number of nitrogens with one attached hydrogen (secondary N) is 1. The van der Waals surface area contributed by atoms with Gasteiger partial charge in [-0.3, -0.25) is 5.10 Å². The Morgan fingerprint density at radius 2 is 2.27 bits per heavy atom. The minimum Gasteiger partial charge on any atom is -0.258 e. The van der Waals surface area contributed by atoms with Crippen molar-refractivity contribution in [1.29, 1.82) is 0 Å². The number of rotatable bonds is 1. The molecule has 0 aliphatic carbocycles. The van der Waals surface area contributed by atoms with Crippen molar-refractivity contribution in [3.8, 4) is 0 Å². The van der Waals surface area contributed by atoms with Crippen LogP contribution >= 0.6 is 0 Å². The van der Waals surface area contributed by atoms with Gasteiger partial charge >= 0.3 is 0 Å². The van der Waals surface area contributed by atoms with Crippen LogP contribution in [0.15, 0.2) is 18.2 Å². The summed E-state index contributed by atoms with van der Waals surface area (Å²) >= 11 is 0. The fourth-order valence-corrected chi connectivity index (χ4v) is 2.20. The van der Waals surface area contributed by atoms with Crippen molar-refractivity contribution in [3.63, 3.8) is 0 Å². The summed E-state index contributed by atoms with van der Waals surface area (Å²) in [6.45, 7) is 0.985. The van der Waals surface area contributed by atoms with Crippen LogP contribution in [0.5, 0.6) is 0 Å². The van der Waals surface area contributed by atoms with E-state index in [1.54, 1.807) is 0 Å². The molecule has 4 nitrogen and oxygen atoms in total. The summed E-state index contributed by atoms with van der Waals surface area (Å²) in [5, 5.41) is 15.5. The van der Waals surface area contributed by atoms with Gasteiger partial charge in [-0.05, 0) is 18.9 Å². The van der Waals surface area contributed by atoms with Crippen LogP contribution in [0, 0.1) is 0 Å². The van der Waals surface area contributed by atoms with Crippen molar-refractivity contribution in [2.45, 2.75) is 25.3 Å². The molecule has 1 N–H and O–H groups in total. The fraction of sp³-hybridized carbons (Fsp3) is 0.455. The Morgan fingerprint density at radius 3 is 3.13 bits per heavy atom. The van der Waals surface area contributed by atoms with E-state index in [0.717, 1.165) is 24.0 Å². The summed E-state index contributed by atoms with van der Waals surface area (Å²) in [4.78, 5) is 0. The van der Waals surface area contributed by atoms with E-state index in [1.165, 1.54) is 18.4 Å². The van der Waals surface area contributed by atoms with Gasteiger partial charge in [0.2, 0.25) is 0 Å². The van der Waals surface area contributed by atoms with Gasteiger partial charge in [0.05, 0.1) is 11.6 Å². The Hall–Kier alpha value is -1.42. The minimum atomic E-state index is 0.326. The van der Waals surface area contributed by atoms with E-state index in [2.05, 4.69) is 26.8 Å². The molecule has 1 aromatic heterocycles. The number of benzene rings is 1. The molecule has 1 aliphatic rings.